The van der Waals surface area contributed by atoms with Crippen LogP contribution in [0.25, 0.3) is 83.6 Å². The quantitative estimate of drug-likeness (QED) is 0.186. The first-order valence-electron chi connectivity index (χ1n) is 18.2. The summed E-state index contributed by atoms with van der Waals surface area (Å²) in [5.74, 6) is 1.88. The van der Waals surface area contributed by atoms with Crippen LogP contribution in [0.5, 0.6) is 0 Å². The highest BCUT2D eigenvalue weighted by Crippen LogP contribution is 2.49. The van der Waals surface area contributed by atoms with Crippen molar-refractivity contribution in [3.63, 3.8) is 0 Å². The van der Waals surface area contributed by atoms with E-state index in [0.717, 1.165) is 44.3 Å². The van der Waals surface area contributed by atoms with E-state index < -0.39 is 0 Å². The van der Waals surface area contributed by atoms with Crippen molar-refractivity contribution < 1.29 is 4.42 Å². The SMILES string of the molecule is CC1(C)CCC(C)(C)c2cc3c(cc21)c1ccccc1n3-c1cccc2c1oc1cc(-c3nc(-c4ccccc4)nc(-c4ccccc4)n3)ccc12. The molecular weight excluding hydrogens is 637 g/mol. The Morgan fingerprint density at radius 1 is 0.481 bits per heavy atom. The number of para-hydroxylation sites is 2. The van der Waals surface area contributed by atoms with Gasteiger partial charge < -0.3 is 8.98 Å². The lowest BCUT2D eigenvalue weighted by atomic mass is 9.63. The molecule has 0 spiro atoms. The Morgan fingerprint density at radius 2 is 1.06 bits per heavy atom. The predicted molar refractivity (Wildman–Crippen MR) is 213 cm³/mol. The molecule has 9 aromatic rings. The van der Waals surface area contributed by atoms with E-state index in [0.29, 0.717) is 17.5 Å². The van der Waals surface area contributed by atoms with Gasteiger partial charge in [-0.15, -0.1) is 0 Å². The van der Waals surface area contributed by atoms with E-state index >= 15 is 0 Å². The molecule has 0 radical (unpaired) electrons. The molecule has 0 bridgehead atoms. The predicted octanol–water partition coefficient (Wildman–Crippen LogP) is 12.2. The van der Waals surface area contributed by atoms with Crippen LogP contribution in [0.3, 0.4) is 0 Å². The summed E-state index contributed by atoms with van der Waals surface area (Å²) >= 11 is 0. The molecule has 5 nitrogen and oxygen atoms in total. The van der Waals surface area contributed by atoms with Crippen LogP contribution >= 0.6 is 0 Å². The van der Waals surface area contributed by atoms with Crippen molar-refractivity contribution in [1.82, 2.24) is 19.5 Å². The molecule has 0 atom stereocenters. The molecule has 10 rings (SSSR count). The topological polar surface area (TPSA) is 56.7 Å². The number of fused-ring (bicyclic) bond motifs is 7. The van der Waals surface area contributed by atoms with Gasteiger partial charge in [0, 0.05) is 38.2 Å². The molecule has 5 heteroatoms. The summed E-state index contributed by atoms with van der Waals surface area (Å²) in [6.07, 6.45) is 2.35. The Bertz CT molecular complexity index is 2790. The third kappa shape index (κ3) is 4.72. The Balaban J connectivity index is 1.18. The molecule has 3 aromatic heterocycles. The van der Waals surface area contributed by atoms with Crippen LogP contribution in [-0.4, -0.2) is 19.5 Å². The molecule has 0 aliphatic heterocycles. The molecule has 0 amide bonds. The number of benzene rings is 6. The Labute approximate surface area is 302 Å². The van der Waals surface area contributed by atoms with Crippen LogP contribution in [0.1, 0.15) is 51.7 Å². The van der Waals surface area contributed by atoms with Gasteiger partial charge in [0.15, 0.2) is 23.1 Å². The number of hydrogen-bond donors (Lipinski definition) is 0. The van der Waals surface area contributed by atoms with Crippen molar-refractivity contribution in [2.45, 2.75) is 51.4 Å². The van der Waals surface area contributed by atoms with Crippen LogP contribution in [-0.2, 0) is 10.8 Å². The second-order valence-electron chi connectivity index (χ2n) is 15.5. The van der Waals surface area contributed by atoms with Crippen LogP contribution in [0.4, 0.5) is 0 Å². The van der Waals surface area contributed by atoms with Gasteiger partial charge in [-0.25, -0.2) is 15.0 Å². The molecule has 0 saturated heterocycles. The first-order chi connectivity index (χ1) is 25.2. The fourth-order valence-corrected chi connectivity index (χ4v) is 8.33. The van der Waals surface area contributed by atoms with E-state index in [1.165, 1.54) is 45.8 Å². The number of hydrogen-bond acceptors (Lipinski definition) is 4. The highest BCUT2D eigenvalue weighted by Gasteiger charge is 2.38. The molecule has 0 unspecified atom stereocenters. The van der Waals surface area contributed by atoms with Gasteiger partial charge in [0.05, 0.1) is 16.7 Å². The average Bonchev–Trinajstić information content (AvgIpc) is 3.72. The maximum Gasteiger partial charge on any atom is 0.164 e. The van der Waals surface area contributed by atoms with Crippen molar-refractivity contribution in [3.8, 4) is 39.9 Å². The van der Waals surface area contributed by atoms with E-state index in [9.17, 15) is 0 Å². The second-order valence-corrected chi connectivity index (χ2v) is 15.5. The van der Waals surface area contributed by atoms with Gasteiger partial charge >= 0.3 is 0 Å². The zero-order chi connectivity index (χ0) is 35.2. The van der Waals surface area contributed by atoms with E-state index in [4.69, 9.17) is 19.4 Å². The van der Waals surface area contributed by atoms with E-state index in [1.54, 1.807) is 0 Å². The van der Waals surface area contributed by atoms with E-state index in [2.05, 4.69) is 105 Å². The molecule has 0 fully saturated rings. The van der Waals surface area contributed by atoms with Gasteiger partial charge in [0.25, 0.3) is 0 Å². The number of furan rings is 1. The summed E-state index contributed by atoms with van der Waals surface area (Å²) in [4.78, 5) is 14.8. The van der Waals surface area contributed by atoms with Crippen molar-refractivity contribution in [3.05, 3.63) is 145 Å². The monoisotopic (exact) mass is 674 g/mol. The van der Waals surface area contributed by atoms with Crippen molar-refractivity contribution >= 4 is 43.7 Å². The molecule has 1 aliphatic carbocycles. The fourth-order valence-electron chi connectivity index (χ4n) is 8.33. The van der Waals surface area contributed by atoms with Crippen molar-refractivity contribution in [2.75, 3.05) is 0 Å². The van der Waals surface area contributed by atoms with Gasteiger partial charge in [0.2, 0.25) is 0 Å². The molecule has 6 aromatic carbocycles. The highest BCUT2D eigenvalue weighted by molar-refractivity contribution is 6.13. The van der Waals surface area contributed by atoms with Crippen LogP contribution < -0.4 is 0 Å². The minimum atomic E-state index is 0.0951. The van der Waals surface area contributed by atoms with Crippen molar-refractivity contribution in [1.29, 1.82) is 0 Å². The molecule has 252 valence electrons. The minimum absolute atomic E-state index is 0.0951. The molecule has 3 heterocycles. The standard InChI is InChI=1S/C47H38N4O/c1-46(2)24-25-47(3,4)37-28-40-35(27-36(37)46)32-18-11-12-20-38(32)51(40)39-21-13-19-34-33-23-22-31(26-41(33)52-42(34)39)45-49-43(29-14-7-5-8-15-29)48-44(50-45)30-16-9-6-10-17-30/h5-23,26-28H,24-25H2,1-4H3. The summed E-state index contributed by atoms with van der Waals surface area (Å²) in [6.45, 7) is 9.60. The normalized spacial score (nSPS) is 15.1. The first kappa shape index (κ1) is 30.7. The Morgan fingerprint density at radius 3 is 1.73 bits per heavy atom. The lowest BCUT2D eigenvalue weighted by Crippen LogP contribution is -2.33. The summed E-state index contributed by atoms with van der Waals surface area (Å²) < 4.78 is 9.31. The van der Waals surface area contributed by atoms with E-state index in [1.807, 2.05) is 60.7 Å². The summed E-state index contributed by atoms with van der Waals surface area (Å²) in [6, 6.07) is 46.7. The van der Waals surface area contributed by atoms with Gasteiger partial charge in [0.1, 0.15) is 5.58 Å². The number of nitrogens with zero attached hydrogens (tertiary/aromatic N) is 4. The third-order valence-electron chi connectivity index (χ3n) is 11.3. The third-order valence-corrected chi connectivity index (χ3v) is 11.3. The smallest absolute Gasteiger partial charge is 0.164 e. The molecule has 52 heavy (non-hydrogen) atoms. The van der Waals surface area contributed by atoms with Crippen LogP contribution in [0.2, 0.25) is 0 Å². The van der Waals surface area contributed by atoms with Gasteiger partial charge in [-0.05, 0) is 71.2 Å². The average molecular weight is 675 g/mol. The highest BCUT2D eigenvalue weighted by atomic mass is 16.3. The fraction of sp³-hybridized carbons (Fsp3) is 0.170. The summed E-state index contributed by atoms with van der Waals surface area (Å²) in [7, 11) is 0. The lowest BCUT2D eigenvalue weighted by molar-refractivity contribution is 0.332. The van der Waals surface area contributed by atoms with Gasteiger partial charge in [-0.3, -0.25) is 0 Å². The second kappa shape index (κ2) is 11.2. The van der Waals surface area contributed by atoms with Gasteiger partial charge in [-0.1, -0.05) is 125 Å². The first-order valence-corrected chi connectivity index (χ1v) is 18.2. The minimum Gasteiger partial charge on any atom is -0.454 e. The maximum absolute atomic E-state index is 6.89. The zero-order valence-corrected chi connectivity index (χ0v) is 29.8. The largest absolute Gasteiger partial charge is 0.454 e. The Kier molecular flexibility index (Phi) is 6.63. The van der Waals surface area contributed by atoms with Crippen molar-refractivity contribution in [2.24, 2.45) is 0 Å². The van der Waals surface area contributed by atoms with E-state index in [-0.39, 0.29) is 10.8 Å². The maximum atomic E-state index is 6.89. The van der Waals surface area contributed by atoms with Crippen LogP contribution in [0, 0.1) is 0 Å². The Hall–Kier alpha value is -6.07. The van der Waals surface area contributed by atoms with Gasteiger partial charge in [-0.2, -0.15) is 0 Å². The molecule has 0 saturated carbocycles. The lowest BCUT2D eigenvalue weighted by Gasteiger charge is -2.42. The zero-order valence-electron chi connectivity index (χ0n) is 29.8. The molecule has 1 aliphatic rings. The number of rotatable bonds is 4. The van der Waals surface area contributed by atoms with Crippen LogP contribution in [0.15, 0.2) is 138 Å². The number of aromatic nitrogens is 4. The molecular formula is C47H38N4O. The summed E-state index contributed by atoms with van der Waals surface area (Å²) in [5.41, 5.74) is 11.0. The summed E-state index contributed by atoms with van der Waals surface area (Å²) in [5, 5.41) is 4.68. The molecule has 0 N–H and O–H groups in total.